The first kappa shape index (κ1) is 29.3. The highest BCUT2D eigenvalue weighted by Gasteiger charge is 2.36. The quantitative estimate of drug-likeness (QED) is 0.203. The summed E-state index contributed by atoms with van der Waals surface area (Å²) >= 11 is 16.2. The van der Waals surface area contributed by atoms with Crippen LogP contribution >= 0.6 is 46.7 Å². The molecule has 44 heavy (non-hydrogen) atoms. The maximum absolute atomic E-state index is 13.1. The highest BCUT2D eigenvalue weighted by Crippen LogP contribution is 2.45. The number of halogens is 2. The number of anilines is 2. The molecule has 4 aromatic carbocycles. The highest BCUT2D eigenvalue weighted by atomic mass is 35.5. The first-order valence-corrected chi connectivity index (χ1v) is 17.2. The number of amides is 2. The third-order valence-corrected chi connectivity index (χ3v) is 11.0. The van der Waals surface area contributed by atoms with Crippen LogP contribution in [0.25, 0.3) is 0 Å². The summed E-state index contributed by atoms with van der Waals surface area (Å²) in [7, 11) is 0. The van der Waals surface area contributed by atoms with Crippen LogP contribution in [0, 0.1) is 0 Å². The Bertz CT molecular complexity index is 1780. The second-order valence-corrected chi connectivity index (χ2v) is 13.7. The number of amidine groups is 1. The van der Waals surface area contributed by atoms with E-state index in [2.05, 4.69) is 23.1 Å². The van der Waals surface area contributed by atoms with E-state index >= 15 is 0 Å². The van der Waals surface area contributed by atoms with Crippen molar-refractivity contribution in [2.75, 3.05) is 34.4 Å². The monoisotopic (exact) mass is 658 g/mol. The Morgan fingerprint density at radius 2 is 1.27 bits per heavy atom. The summed E-state index contributed by atoms with van der Waals surface area (Å²) in [6.45, 7) is 2.12. The lowest BCUT2D eigenvalue weighted by Gasteiger charge is -2.27. The summed E-state index contributed by atoms with van der Waals surface area (Å²) in [5, 5.41) is 0.964. The van der Waals surface area contributed by atoms with Crippen molar-refractivity contribution < 1.29 is 9.59 Å². The van der Waals surface area contributed by atoms with Crippen LogP contribution in [-0.4, -0.2) is 47.1 Å². The number of nitrogens with zero attached hydrogens (tertiary/aromatic N) is 4. The first-order valence-electron chi connectivity index (χ1n) is 14.3. The Morgan fingerprint density at radius 3 is 1.89 bits per heavy atom. The first-order chi connectivity index (χ1) is 21.5. The predicted octanol–water partition coefficient (Wildman–Crippen LogP) is 7.81. The minimum Gasteiger partial charge on any atom is -0.350 e. The van der Waals surface area contributed by atoms with Gasteiger partial charge >= 0.3 is 0 Å². The van der Waals surface area contributed by atoms with E-state index in [1.165, 1.54) is 0 Å². The summed E-state index contributed by atoms with van der Waals surface area (Å²) in [5.41, 5.74) is 5.61. The van der Waals surface area contributed by atoms with E-state index in [-0.39, 0.29) is 22.6 Å². The Morgan fingerprint density at radius 1 is 0.705 bits per heavy atom. The van der Waals surface area contributed by atoms with Crippen molar-refractivity contribution in [1.29, 1.82) is 0 Å². The molecule has 0 bridgehead atoms. The van der Waals surface area contributed by atoms with Crippen LogP contribution in [0.1, 0.15) is 33.0 Å². The lowest BCUT2D eigenvalue weighted by Crippen LogP contribution is -2.30. The van der Waals surface area contributed by atoms with Gasteiger partial charge in [0, 0.05) is 51.2 Å². The van der Waals surface area contributed by atoms with Crippen molar-refractivity contribution in [1.82, 2.24) is 4.90 Å². The number of rotatable bonds is 7. The fourth-order valence-corrected chi connectivity index (χ4v) is 8.98. The summed E-state index contributed by atoms with van der Waals surface area (Å²) in [6, 6.07) is 31.6. The van der Waals surface area contributed by atoms with E-state index in [1.54, 1.807) is 23.5 Å². The van der Waals surface area contributed by atoms with Gasteiger partial charge in [0.2, 0.25) is 11.8 Å². The molecular weight excluding hydrogens is 631 g/mol. The van der Waals surface area contributed by atoms with Crippen LogP contribution in [0.5, 0.6) is 0 Å². The Kier molecular flexibility index (Phi) is 8.33. The minimum absolute atomic E-state index is 0.0591. The smallest absolute Gasteiger partial charge is 0.238 e. The van der Waals surface area contributed by atoms with Crippen molar-refractivity contribution in [2.24, 2.45) is 4.99 Å². The molecule has 2 amide bonds. The molecule has 7 rings (SSSR count). The van der Waals surface area contributed by atoms with Crippen LogP contribution in [-0.2, 0) is 16.1 Å². The van der Waals surface area contributed by atoms with Gasteiger partial charge in [-0.05, 0) is 42.0 Å². The van der Waals surface area contributed by atoms with Crippen molar-refractivity contribution in [3.63, 3.8) is 0 Å². The molecule has 0 radical (unpaired) electrons. The molecule has 2 fully saturated rings. The lowest BCUT2D eigenvalue weighted by atomic mass is 10.1. The molecule has 6 nitrogen and oxygen atoms in total. The van der Waals surface area contributed by atoms with Gasteiger partial charge < -0.3 is 4.90 Å². The van der Waals surface area contributed by atoms with Crippen molar-refractivity contribution in [2.45, 2.75) is 17.3 Å². The zero-order valence-corrected chi connectivity index (χ0v) is 26.8. The summed E-state index contributed by atoms with van der Waals surface area (Å²) in [6.07, 6.45) is 0. The average Bonchev–Trinajstić information content (AvgIpc) is 3.76. The molecule has 2 unspecified atom stereocenters. The SMILES string of the molecule is O=C1CSC(c2ccccc2Cl)N1c1cccc(CN2CCN=C2c2cccc(N3C(=O)CSC3c3ccccc3Cl)c2)c1. The fraction of sp³-hybridized carbons (Fsp3) is 0.206. The summed E-state index contributed by atoms with van der Waals surface area (Å²) in [5.74, 6) is 1.84. The number of carbonyl (C=O) groups is 2. The maximum Gasteiger partial charge on any atom is 0.238 e. The third kappa shape index (κ3) is 5.60. The molecule has 0 spiro atoms. The molecule has 3 aliphatic heterocycles. The highest BCUT2D eigenvalue weighted by molar-refractivity contribution is 8.01. The fourth-order valence-electron chi connectivity index (χ4n) is 5.95. The lowest BCUT2D eigenvalue weighted by molar-refractivity contribution is -0.116. The zero-order valence-electron chi connectivity index (χ0n) is 23.6. The Balaban J connectivity index is 1.13. The molecule has 3 aliphatic rings. The number of benzene rings is 4. The van der Waals surface area contributed by atoms with E-state index in [0.717, 1.165) is 46.0 Å². The molecule has 0 aromatic heterocycles. The summed E-state index contributed by atoms with van der Waals surface area (Å²) in [4.78, 5) is 37.0. The van der Waals surface area contributed by atoms with Gasteiger partial charge in [0.05, 0.1) is 18.1 Å². The number of thioether (sulfide) groups is 2. The van der Waals surface area contributed by atoms with Crippen LogP contribution in [0.15, 0.2) is 102 Å². The van der Waals surface area contributed by atoms with Gasteiger partial charge in [-0.1, -0.05) is 83.9 Å². The topological polar surface area (TPSA) is 56.2 Å². The molecule has 2 atom stereocenters. The van der Waals surface area contributed by atoms with Crippen molar-refractivity contribution in [3.8, 4) is 0 Å². The van der Waals surface area contributed by atoms with Gasteiger partial charge in [-0.15, -0.1) is 23.5 Å². The average molecular weight is 660 g/mol. The molecule has 10 heteroatoms. The molecule has 4 aromatic rings. The maximum atomic E-state index is 13.1. The molecule has 0 N–H and O–H groups in total. The molecule has 0 aliphatic carbocycles. The van der Waals surface area contributed by atoms with Crippen LogP contribution in [0.4, 0.5) is 11.4 Å². The van der Waals surface area contributed by atoms with Crippen LogP contribution in [0.3, 0.4) is 0 Å². The second-order valence-electron chi connectivity index (χ2n) is 10.7. The number of carbonyl (C=O) groups excluding carboxylic acids is 2. The third-order valence-electron chi connectivity index (χ3n) is 7.95. The van der Waals surface area contributed by atoms with Crippen molar-refractivity contribution in [3.05, 3.63) is 129 Å². The number of hydrogen-bond acceptors (Lipinski definition) is 6. The molecular formula is C34H28Cl2N4O2S2. The Hall–Kier alpha value is -3.43. The van der Waals surface area contributed by atoms with Crippen molar-refractivity contribution >= 4 is 75.8 Å². The van der Waals surface area contributed by atoms with Gasteiger partial charge in [-0.25, -0.2) is 0 Å². The van der Waals surface area contributed by atoms with Gasteiger partial charge in [0.1, 0.15) is 16.6 Å². The van der Waals surface area contributed by atoms with Gasteiger partial charge in [-0.3, -0.25) is 24.4 Å². The van der Waals surface area contributed by atoms with Gasteiger partial charge in [0.15, 0.2) is 0 Å². The van der Waals surface area contributed by atoms with E-state index in [4.69, 9.17) is 28.2 Å². The largest absolute Gasteiger partial charge is 0.350 e. The van der Waals surface area contributed by atoms with Crippen LogP contribution < -0.4 is 9.80 Å². The Labute approximate surface area is 275 Å². The van der Waals surface area contributed by atoms with Gasteiger partial charge in [-0.2, -0.15) is 0 Å². The van der Waals surface area contributed by atoms with Crippen LogP contribution in [0.2, 0.25) is 10.0 Å². The van der Waals surface area contributed by atoms with E-state index in [1.807, 2.05) is 88.7 Å². The summed E-state index contributed by atoms with van der Waals surface area (Å²) < 4.78 is 0. The molecule has 2 saturated heterocycles. The molecule has 222 valence electrons. The minimum atomic E-state index is -0.183. The normalized spacial score (nSPS) is 20.1. The second kappa shape index (κ2) is 12.5. The predicted molar refractivity (Wildman–Crippen MR) is 183 cm³/mol. The van der Waals surface area contributed by atoms with E-state index < -0.39 is 0 Å². The number of aliphatic imine (C=N–C) groups is 1. The standard InChI is InChI=1S/C34H28Cl2N4O2S2/c35-28-13-3-1-11-26(28)33-39(30(41)20-43-33)24-9-5-7-22(17-24)19-38-16-15-37-32(38)23-8-6-10-25(18-23)40-31(42)21-44-34(40)27-12-2-4-14-29(27)36/h1-14,17-18,33-34H,15-16,19-21H2. The number of hydrogen-bond donors (Lipinski definition) is 0. The van der Waals surface area contributed by atoms with Gasteiger partial charge in [0.25, 0.3) is 0 Å². The van der Waals surface area contributed by atoms with E-state index in [9.17, 15) is 9.59 Å². The zero-order chi connectivity index (χ0) is 30.2. The molecule has 0 saturated carbocycles. The van der Waals surface area contributed by atoms with E-state index in [0.29, 0.717) is 34.6 Å². The molecule has 3 heterocycles.